The van der Waals surface area contributed by atoms with E-state index in [0.29, 0.717) is 9.13 Å². The van der Waals surface area contributed by atoms with E-state index < -0.39 is 0 Å². The molecule has 0 aromatic rings. The first kappa shape index (κ1) is 4.79. The SMILES string of the molecule is C1=C[SiH]=C1.O. The van der Waals surface area contributed by atoms with Crippen LogP contribution in [0, 0.1) is 0 Å². The highest BCUT2D eigenvalue weighted by atomic mass is 28.2. The Balaban J connectivity index is 0.000000160. The quantitative estimate of drug-likeness (QED) is 0.336. The lowest BCUT2D eigenvalue weighted by Gasteiger charge is -1.76. The standard InChI is InChI=1S/C3H4Si.H2O/c1-2-4-3-1;/h1-4H;1H2. The molecule has 0 saturated carbocycles. The number of hydrogen-bond donors (Lipinski definition) is 0. The molecule has 1 nitrogen and oxygen atoms in total. The minimum absolute atomic E-state index is 0. The summed E-state index contributed by atoms with van der Waals surface area (Å²) in [6, 6.07) is 0. The normalized spacial score (nSPS) is 12.8. The van der Waals surface area contributed by atoms with Gasteiger partial charge in [-0.05, 0) is 0 Å². The second-order valence-electron chi connectivity index (χ2n) is 0.770. The molecule has 1 aliphatic heterocycles. The fraction of sp³-hybridized carbons (Fsp3) is 0. The van der Waals surface area contributed by atoms with Crippen molar-refractivity contribution < 1.29 is 5.48 Å². The zero-order chi connectivity index (χ0) is 2.83. The van der Waals surface area contributed by atoms with Gasteiger partial charge in [0.05, 0.1) is 0 Å². The van der Waals surface area contributed by atoms with Crippen LogP contribution in [0.3, 0.4) is 0 Å². The molecule has 5 heavy (non-hydrogen) atoms. The van der Waals surface area contributed by atoms with Gasteiger partial charge in [0.1, 0.15) is 0 Å². The molecule has 0 spiro atoms. The van der Waals surface area contributed by atoms with Crippen LogP contribution in [0.1, 0.15) is 0 Å². The summed E-state index contributed by atoms with van der Waals surface area (Å²) in [5.41, 5.74) is 4.42. The van der Waals surface area contributed by atoms with Gasteiger partial charge in [-0.25, -0.2) is 0 Å². The van der Waals surface area contributed by atoms with Crippen LogP contribution in [0.2, 0.25) is 0 Å². The molecule has 1 aliphatic rings. The van der Waals surface area contributed by atoms with Crippen LogP contribution < -0.4 is 0 Å². The lowest BCUT2D eigenvalue weighted by atomic mass is 10.7. The summed E-state index contributed by atoms with van der Waals surface area (Å²) in [6.45, 7) is 0. The van der Waals surface area contributed by atoms with E-state index in [1.54, 1.807) is 0 Å². The van der Waals surface area contributed by atoms with Gasteiger partial charge < -0.3 is 5.48 Å². The molecular formula is C3H6OSi. The Morgan fingerprint density at radius 1 is 1.40 bits per heavy atom. The Labute approximate surface area is 33.1 Å². The predicted molar refractivity (Wildman–Crippen MR) is 26.0 cm³/mol. The molecule has 28 valence electrons. The van der Waals surface area contributed by atoms with E-state index in [9.17, 15) is 0 Å². The van der Waals surface area contributed by atoms with Crippen molar-refractivity contribution in [1.82, 2.24) is 0 Å². The van der Waals surface area contributed by atoms with E-state index in [0.717, 1.165) is 0 Å². The molecule has 0 saturated heterocycles. The Kier molecular flexibility index (Phi) is 1.96. The zero-order valence-electron chi connectivity index (χ0n) is 2.81. The van der Waals surface area contributed by atoms with Gasteiger partial charge in [-0.2, -0.15) is 0 Å². The molecule has 0 fully saturated rings. The second-order valence-corrected chi connectivity index (χ2v) is 1.92. The van der Waals surface area contributed by atoms with Crippen molar-refractivity contribution in [2.75, 3.05) is 0 Å². The maximum Gasteiger partial charge on any atom is 0.0197 e. The molecule has 0 atom stereocenters. The average molecular weight is 86.2 g/mol. The molecule has 0 amide bonds. The van der Waals surface area contributed by atoms with Crippen LogP contribution in [0.5, 0.6) is 0 Å². The largest absolute Gasteiger partial charge is 0.412 e. The lowest BCUT2D eigenvalue weighted by Crippen LogP contribution is -1.82. The molecule has 1 rings (SSSR count). The highest BCUT2D eigenvalue weighted by molar-refractivity contribution is 6.59. The molecule has 0 radical (unpaired) electrons. The van der Waals surface area contributed by atoms with Crippen LogP contribution in [-0.2, 0) is 0 Å². The van der Waals surface area contributed by atoms with Crippen molar-refractivity contribution >= 4 is 14.8 Å². The molecular weight excluding hydrogens is 80.1 g/mol. The Morgan fingerprint density at radius 2 is 1.60 bits per heavy atom. The van der Waals surface area contributed by atoms with Crippen LogP contribution in [0.25, 0.3) is 0 Å². The van der Waals surface area contributed by atoms with Gasteiger partial charge in [0.2, 0.25) is 0 Å². The van der Waals surface area contributed by atoms with Gasteiger partial charge >= 0.3 is 0 Å². The summed E-state index contributed by atoms with van der Waals surface area (Å²) < 4.78 is 0. The number of rotatable bonds is 0. The van der Waals surface area contributed by atoms with E-state index >= 15 is 0 Å². The van der Waals surface area contributed by atoms with E-state index in [1.807, 2.05) is 0 Å². The Bertz CT molecular complexity index is 47.3. The fourth-order valence-electron chi connectivity index (χ4n) is 0.111. The number of hydrogen-bond acceptors (Lipinski definition) is 0. The summed E-state index contributed by atoms with van der Waals surface area (Å²) in [6.07, 6.45) is 2.09. The average Bonchev–Trinajstić information content (AvgIpc) is 0.722. The van der Waals surface area contributed by atoms with Crippen LogP contribution in [0.4, 0.5) is 0 Å². The van der Waals surface area contributed by atoms with Crippen molar-refractivity contribution in [3.63, 3.8) is 0 Å². The third-order valence-corrected chi connectivity index (χ3v) is 1.33. The van der Waals surface area contributed by atoms with Crippen molar-refractivity contribution in [1.29, 1.82) is 0 Å². The van der Waals surface area contributed by atoms with Gasteiger partial charge in [0.25, 0.3) is 0 Å². The topological polar surface area (TPSA) is 31.5 Å². The van der Waals surface area contributed by atoms with Crippen LogP contribution in [-0.4, -0.2) is 20.3 Å². The van der Waals surface area contributed by atoms with Crippen LogP contribution in [0.15, 0.2) is 11.8 Å². The molecule has 2 heteroatoms. The lowest BCUT2D eigenvalue weighted by molar-refractivity contribution is 0.824. The molecule has 2 N–H and O–H groups in total. The first-order valence-electron chi connectivity index (χ1n) is 1.33. The van der Waals surface area contributed by atoms with E-state index in [1.165, 1.54) is 0 Å². The molecule has 0 bridgehead atoms. The smallest absolute Gasteiger partial charge is 0.0197 e. The van der Waals surface area contributed by atoms with Crippen molar-refractivity contribution in [3.8, 4) is 0 Å². The third kappa shape index (κ3) is 0.843. The highest BCUT2D eigenvalue weighted by Crippen LogP contribution is 1.65. The van der Waals surface area contributed by atoms with Gasteiger partial charge in [-0.3, -0.25) is 0 Å². The van der Waals surface area contributed by atoms with Gasteiger partial charge in [-0.1, -0.05) is 17.4 Å². The summed E-state index contributed by atoms with van der Waals surface area (Å²) in [5.74, 6) is 0. The molecule has 0 aromatic heterocycles. The molecule has 0 aromatic carbocycles. The summed E-state index contributed by atoms with van der Waals surface area (Å²) in [5, 5.41) is 0. The zero-order valence-corrected chi connectivity index (χ0v) is 3.96. The Hall–Kier alpha value is -0.213. The van der Waals surface area contributed by atoms with Gasteiger partial charge in [0.15, 0.2) is 0 Å². The highest BCUT2D eigenvalue weighted by Gasteiger charge is 1.66. The molecule has 1 heterocycles. The Morgan fingerprint density at radius 3 is 1.60 bits per heavy atom. The minimum Gasteiger partial charge on any atom is -0.412 e. The maximum atomic E-state index is 2.21. The van der Waals surface area contributed by atoms with Gasteiger partial charge in [-0.15, -0.1) is 0 Å². The third-order valence-electron chi connectivity index (χ3n) is 0.444. The van der Waals surface area contributed by atoms with Gasteiger partial charge in [0, 0.05) is 9.13 Å². The van der Waals surface area contributed by atoms with E-state index in [4.69, 9.17) is 0 Å². The summed E-state index contributed by atoms with van der Waals surface area (Å²) in [4.78, 5) is 0. The summed E-state index contributed by atoms with van der Waals surface area (Å²) in [7, 11) is 0.657. The van der Waals surface area contributed by atoms with E-state index in [-0.39, 0.29) is 5.48 Å². The fourth-order valence-corrected chi connectivity index (χ4v) is 0.333. The first-order valence-corrected chi connectivity index (χ1v) is 2.67. The van der Waals surface area contributed by atoms with Crippen molar-refractivity contribution in [2.45, 2.75) is 0 Å². The summed E-state index contributed by atoms with van der Waals surface area (Å²) >= 11 is 0. The second kappa shape index (κ2) is 2.05. The molecule has 0 aliphatic carbocycles. The van der Waals surface area contributed by atoms with Crippen molar-refractivity contribution in [3.05, 3.63) is 11.8 Å². The molecule has 0 unspecified atom stereocenters. The monoisotopic (exact) mass is 86.0 g/mol. The van der Waals surface area contributed by atoms with Crippen LogP contribution >= 0.6 is 0 Å². The maximum absolute atomic E-state index is 2.21. The predicted octanol–water partition coefficient (Wildman–Crippen LogP) is -1.07. The van der Waals surface area contributed by atoms with E-state index in [2.05, 4.69) is 17.4 Å². The number of allylic oxidation sites excluding steroid dienone is 1. The minimum atomic E-state index is 0. The first-order chi connectivity index (χ1) is 2.00. The van der Waals surface area contributed by atoms with Crippen molar-refractivity contribution in [2.24, 2.45) is 0 Å².